The van der Waals surface area contributed by atoms with Gasteiger partial charge in [0.1, 0.15) is 5.75 Å². The van der Waals surface area contributed by atoms with Crippen LogP contribution in [-0.2, 0) is 0 Å². The van der Waals surface area contributed by atoms with E-state index in [0.717, 1.165) is 11.3 Å². The number of nitrogens with one attached hydrogen (secondary N) is 2. The SMILES string of the molecule is Cc1cccc(Oc2ccccc2NC(=O)N2CCC(NC(=O)c3ccccc3)CC2)c1. The molecule has 4 rings (SSSR count). The number of ether oxygens (including phenoxy) is 1. The lowest BCUT2D eigenvalue weighted by atomic mass is 10.0. The van der Waals surface area contributed by atoms with Gasteiger partial charge in [0.2, 0.25) is 0 Å². The number of carbonyl (C=O) groups is 2. The van der Waals surface area contributed by atoms with Gasteiger partial charge in [-0.2, -0.15) is 0 Å². The molecule has 0 aromatic heterocycles. The van der Waals surface area contributed by atoms with Crippen LogP contribution in [0.1, 0.15) is 28.8 Å². The lowest BCUT2D eigenvalue weighted by molar-refractivity contribution is 0.0919. The number of amides is 3. The van der Waals surface area contributed by atoms with Gasteiger partial charge in [-0.15, -0.1) is 0 Å². The molecule has 6 heteroatoms. The van der Waals surface area contributed by atoms with E-state index >= 15 is 0 Å². The van der Waals surface area contributed by atoms with E-state index in [9.17, 15) is 9.59 Å². The van der Waals surface area contributed by atoms with E-state index in [1.54, 1.807) is 17.0 Å². The van der Waals surface area contributed by atoms with Gasteiger partial charge in [-0.05, 0) is 61.7 Å². The number of piperidine rings is 1. The zero-order chi connectivity index (χ0) is 22.3. The number of aryl methyl sites for hydroxylation is 1. The third kappa shape index (κ3) is 5.46. The molecule has 2 N–H and O–H groups in total. The van der Waals surface area contributed by atoms with Crippen LogP contribution >= 0.6 is 0 Å². The Morgan fingerprint density at radius 1 is 0.906 bits per heavy atom. The second-order valence-electron chi connectivity index (χ2n) is 7.95. The van der Waals surface area contributed by atoms with E-state index < -0.39 is 0 Å². The minimum atomic E-state index is -0.168. The number of carbonyl (C=O) groups excluding carboxylic acids is 2. The van der Waals surface area contributed by atoms with Crippen LogP contribution in [0.4, 0.5) is 10.5 Å². The summed E-state index contributed by atoms with van der Waals surface area (Å²) in [5, 5.41) is 6.04. The molecule has 0 unspecified atom stereocenters. The Kier molecular flexibility index (Phi) is 6.70. The van der Waals surface area contributed by atoms with Crippen molar-refractivity contribution in [3.63, 3.8) is 0 Å². The topological polar surface area (TPSA) is 70.7 Å². The number of urea groups is 1. The van der Waals surface area contributed by atoms with Crippen molar-refractivity contribution in [1.29, 1.82) is 0 Å². The summed E-state index contributed by atoms with van der Waals surface area (Å²) in [6.45, 7) is 3.16. The zero-order valence-corrected chi connectivity index (χ0v) is 18.1. The molecule has 0 bridgehead atoms. The minimum absolute atomic E-state index is 0.0590. The summed E-state index contributed by atoms with van der Waals surface area (Å²) in [6.07, 6.45) is 1.43. The van der Waals surface area contributed by atoms with Gasteiger partial charge < -0.3 is 20.3 Å². The van der Waals surface area contributed by atoms with Gasteiger partial charge in [-0.25, -0.2) is 4.79 Å². The van der Waals surface area contributed by atoms with E-state index in [1.807, 2.05) is 73.7 Å². The van der Waals surface area contributed by atoms with Crippen molar-refractivity contribution >= 4 is 17.6 Å². The predicted molar refractivity (Wildman–Crippen MR) is 125 cm³/mol. The number of likely N-dealkylation sites (tertiary alicyclic amines) is 1. The van der Waals surface area contributed by atoms with Crippen molar-refractivity contribution in [2.24, 2.45) is 0 Å². The molecule has 3 aromatic carbocycles. The Morgan fingerprint density at radius 3 is 2.38 bits per heavy atom. The quantitative estimate of drug-likeness (QED) is 0.585. The van der Waals surface area contributed by atoms with Gasteiger partial charge in [0.05, 0.1) is 5.69 Å². The Bertz CT molecular complexity index is 1080. The Hall–Kier alpha value is -3.80. The molecule has 0 atom stereocenters. The highest BCUT2D eigenvalue weighted by Gasteiger charge is 2.24. The number of nitrogens with zero attached hydrogens (tertiary/aromatic N) is 1. The molecule has 6 nitrogen and oxygen atoms in total. The molecule has 0 spiro atoms. The van der Waals surface area contributed by atoms with E-state index in [1.165, 1.54) is 0 Å². The van der Waals surface area contributed by atoms with E-state index in [0.29, 0.717) is 42.9 Å². The van der Waals surface area contributed by atoms with Crippen LogP contribution in [0.2, 0.25) is 0 Å². The Morgan fingerprint density at radius 2 is 1.62 bits per heavy atom. The predicted octanol–water partition coefficient (Wildman–Crippen LogP) is 5.21. The zero-order valence-electron chi connectivity index (χ0n) is 18.1. The third-order valence-corrected chi connectivity index (χ3v) is 5.50. The average Bonchev–Trinajstić information content (AvgIpc) is 2.81. The van der Waals surface area contributed by atoms with Crippen molar-refractivity contribution in [3.05, 3.63) is 90.0 Å². The molecule has 0 radical (unpaired) electrons. The molecule has 3 amide bonds. The number of benzene rings is 3. The molecule has 3 aromatic rings. The fraction of sp³-hybridized carbons (Fsp3) is 0.231. The molecule has 1 aliphatic heterocycles. The maximum absolute atomic E-state index is 12.8. The number of para-hydroxylation sites is 2. The number of hydrogen-bond acceptors (Lipinski definition) is 3. The monoisotopic (exact) mass is 429 g/mol. The van der Waals surface area contributed by atoms with Crippen LogP contribution in [-0.4, -0.2) is 36.0 Å². The van der Waals surface area contributed by atoms with Crippen LogP contribution in [0.5, 0.6) is 11.5 Å². The lowest BCUT2D eigenvalue weighted by Crippen LogP contribution is -2.47. The highest BCUT2D eigenvalue weighted by atomic mass is 16.5. The maximum atomic E-state index is 12.8. The summed E-state index contributed by atoms with van der Waals surface area (Å²) in [5.41, 5.74) is 2.38. The molecular weight excluding hydrogens is 402 g/mol. The van der Waals surface area contributed by atoms with E-state index in [2.05, 4.69) is 10.6 Å². The van der Waals surface area contributed by atoms with E-state index in [-0.39, 0.29) is 18.0 Å². The van der Waals surface area contributed by atoms with Crippen molar-refractivity contribution in [2.45, 2.75) is 25.8 Å². The van der Waals surface area contributed by atoms with Crippen molar-refractivity contribution < 1.29 is 14.3 Å². The van der Waals surface area contributed by atoms with Gasteiger partial charge >= 0.3 is 6.03 Å². The second kappa shape index (κ2) is 10.0. The van der Waals surface area contributed by atoms with Crippen LogP contribution in [0.15, 0.2) is 78.9 Å². The standard InChI is InChI=1S/C26H27N3O3/c1-19-8-7-11-22(18-19)32-24-13-6-5-12-23(24)28-26(31)29-16-14-21(15-17-29)27-25(30)20-9-3-2-4-10-20/h2-13,18,21H,14-17H2,1H3,(H,27,30)(H,28,31). The number of hydrogen-bond donors (Lipinski definition) is 2. The number of anilines is 1. The van der Waals surface area contributed by atoms with Gasteiger partial charge in [-0.1, -0.05) is 42.5 Å². The second-order valence-corrected chi connectivity index (χ2v) is 7.95. The molecule has 32 heavy (non-hydrogen) atoms. The Labute approximate surface area is 188 Å². The molecule has 164 valence electrons. The molecule has 0 saturated carbocycles. The first-order valence-corrected chi connectivity index (χ1v) is 10.8. The molecule has 1 saturated heterocycles. The first kappa shape index (κ1) is 21.4. The van der Waals surface area contributed by atoms with Crippen molar-refractivity contribution in [3.8, 4) is 11.5 Å². The average molecular weight is 430 g/mol. The molecular formula is C26H27N3O3. The van der Waals surface area contributed by atoms with Gasteiger partial charge in [0.15, 0.2) is 5.75 Å². The smallest absolute Gasteiger partial charge is 0.321 e. The summed E-state index contributed by atoms with van der Waals surface area (Å²) in [4.78, 5) is 27.0. The van der Waals surface area contributed by atoms with Crippen molar-refractivity contribution in [2.75, 3.05) is 18.4 Å². The highest BCUT2D eigenvalue weighted by molar-refractivity contribution is 5.94. The summed E-state index contributed by atoms with van der Waals surface area (Å²) in [5.74, 6) is 1.24. The summed E-state index contributed by atoms with van der Waals surface area (Å²) < 4.78 is 6.00. The Balaban J connectivity index is 1.32. The van der Waals surface area contributed by atoms with Crippen LogP contribution in [0, 0.1) is 6.92 Å². The molecule has 0 aliphatic carbocycles. The normalized spacial score (nSPS) is 14.0. The molecule has 1 fully saturated rings. The van der Waals surface area contributed by atoms with Gasteiger partial charge in [0.25, 0.3) is 5.91 Å². The van der Waals surface area contributed by atoms with Crippen LogP contribution < -0.4 is 15.4 Å². The van der Waals surface area contributed by atoms with Crippen molar-refractivity contribution in [1.82, 2.24) is 10.2 Å². The molecule has 1 aliphatic rings. The highest BCUT2D eigenvalue weighted by Crippen LogP contribution is 2.30. The summed E-state index contributed by atoms with van der Waals surface area (Å²) in [7, 11) is 0. The maximum Gasteiger partial charge on any atom is 0.321 e. The largest absolute Gasteiger partial charge is 0.455 e. The first-order chi connectivity index (χ1) is 15.6. The lowest BCUT2D eigenvalue weighted by Gasteiger charge is -2.32. The fourth-order valence-electron chi connectivity index (χ4n) is 3.74. The van der Waals surface area contributed by atoms with Crippen LogP contribution in [0.25, 0.3) is 0 Å². The first-order valence-electron chi connectivity index (χ1n) is 10.8. The molecule has 1 heterocycles. The summed E-state index contributed by atoms with van der Waals surface area (Å²) in [6, 6.07) is 24.3. The summed E-state index contributed by atoms with van der Waals surface area (Å²) >= 11 is 0. The number of rotatable bonds is 5. The van der Waals surface area contributed by atoms with Gasteiger partial charge in [-0.3, -0.25) is 4.79 Å². The minimum Gasteiger partial charge on any atom is -0.455 e. The van der Waals surface area contributed by atoms with E-state index in [4.69, 9.17) is 4.74 Å². The third-order valence-electron chi connectivity index (χ3n) is 5.50. The van der Waals surface area contributed by atoms with Gasteiger partial charge in [0, 0.05) is 24.7 Å². The van der Waals surface area contributed by atoms with Crippen LogP contribution in [0.3, 0.4) is 0 Å². The fourth-order valence-corrected chi connectivity index (χ4v) is 3.74.